The number of carbonyl (C=O) groups excluding carboxylic acids is 1. The van der Waals surface area contributed by atoms with Crippen LogP contribution in [-0.2, 0) is 14.3 Å². The third-order valence-corrected chi connectivity index (χ3v) is 4.40. The van der Waals surface area contributed by atoms with Crippen molar-refractivity contribution in [2.75, 3.05) is 7.11 Å². The van der Waals surface area contributed by atoms with E-state index < -0.39 is 47.0 Å². The van der Waals surface area contributed by atoms with Gasteiger partial charge in [0.05, 0.1) is 7.11 Å². The molecule has 7 heteroatoms. The van der Waals surface area contributed by atoms with Gasteiger partial charge in [0, 0.05) is 6.42 Å². The van der Waals surface area contributed by atoms with Crippen LogP contribution in [0.3, 0.4) is 0 Å². The second-order valence-electron chi connectivity index (χ2n) is 5.24. The van der Waals surface area contributed by atoms with Crippen LogP contribution in [0.2, 0.25) is 0 Å². The van der Waals surface area contributed by atoms with Gasteiger partial charge in [-0.15, -0.1) is 0 Å². The molecule has 0 radical (unpaired) electrons. The third kappa shape index (κ3) is 1.32. The fraction of sp³-hybridized carbons (Fsp3) is 0.667. The highest BCUT2D eigenvalue weighted by atomic mass is 16.5. The number of hydrogen-bond acceptors (Lipinski definition) is 6. The average molecular weight is 272 g/mol. The Morgan fingerprint density at radius 1 is 1.37 bits per heavy atom. The molecule has 0 aromatic heterocycles. The van der Waals surface area contributed by atoms with Crippen LogP contribution in [0.25, 0.3) is 0 Å². The maximum absolute atomic E-state index is 12.1. The Morgan fingerprint density at radius 3 is 2.42 bits per heavy atom. The first-order valence-electron chi connectivity index (χ1n) is 5.81. The van der Waals surface area contributed by atoms with Crippen LogP contribution >= 0.6 is 0 Å². The number of fused-ring (bicyclic) bond motifs is 2. The molecule has 0 aliphatic heterocycles. The summed E-state index contributed by atoms with van der Waals surface area (Å²) in [4.78, 5) is 23.5. The Labute approximate surface area is 109 Å². The van der Waals surface area contributed by atoms with E-state index in [0.29, 0.717) is 0 Å². The number of carbonyl (C=O) groups is 2. The van der Waals surface area contributed by atoms with Crippen LogP contribution in [0, 0.1) is 11.3 Å². The summed E-state index contributed by atoms with van der Waals surface area (Å²) in [6, 6.07) is 0. The summed E-state index contributed by atoms with van der Waals surface area (Å²) in [6.45, 7) is 1.48. The zero-order valence-corrected chi connectivity index (χ0v) is 10.5. The van der Waals surface area contributed by atoms with Gasteiger partial charge >= 0.3 is 11.9 Å². The average Bonchev–Trinajstić information content (AvgIpc) is 2.46. The van der Waals surface area contributed by atoms with E-state index in [4.69, 9.17) is 0 Å². The Hall–Kier alpha value is -1.44. The molecule has 5 atom stereocenters. The molecule has 7 nitrogen and oxygen atoms in total. The molecule has 4 N–H and O–H groups in total. The SMILES string of the molecule is COC(=O)C12C(C)C=CC(O)(CC1(O)C(=O)O)C2O. The minimum Gasteiger partial charge on any atom is -0.479 e. The molecular formula is C12H16O7. The molecule has 1 fully saturated rings. The number of esters is 1. The van der Waals surface area contributed by atoms with Crippen molar-refractivity contribution in [1.29, 1.82) is 0 Å². The smallest absolute Gasteiger partial charge is 0.337 e. The van der Waals surface area contributed by atoms with Gasteiger partial charge < -0.3 is 25.2 Å². The normalized spacial score (nSPS) is 48.1. The summed E-state index contributed by atoms with van der Waals surface area (Å²) in [5, 5.41) is 40.2. The van der Waals surface area contributed by atoms with Crippen molar-refractivity contribution in [2.24, 2.45) is 11.3 Å². The lowest BCUT2D eigenvalue weighted by molar-refractivity contribution is -0.202. The minimum absolute atomic E-state index is 0.674. The number of carboxylic acids is 1. The van der Waals surface area contributed by atoms with Crippen molar-refractivity contribution in [3.8, 4) is 0 Å². The molecule has 0 spiro atoms. The number of allylic oxidation sites excluding steroid dienone is 1. The zero-order valence-electron chi connectivity index (χ0n) is 10.5. The van der Waals surface area contributed by atoms with Crippen LogP contribution < -0.4 is 0 Å². The van der Waals surface area contributed by atoms with E-state index in [1.165, 1.54) is 19.1 Å². The quantitative estimate of drug-likeness (QED) is 0.362. The molecule has 0 amide bonds. The first kappa shape index (κ1) is 14.0. The standard InChI is InChI=1S/C12H16O7/c1-6-3-4-10(17)5-11(18,8(14)15)12(6,7(10)13)9(16)19-2/h3-4,6-7,13,17-18H,5H2,1-2H3,(H,14,15). The Morgan fingerprint density at radius 2 is 1.95 bits per heavy atom. The summed E-state index contributed by atoms with van der Waals surface area (Å²) in [6.07, 6.45) is 0.204. The number of ether oxygens (including phenoxy) is 1. The van der Waals surface area contributed by atoms with E-state index in [-0.39, 0.29) is 0 Å². The zero-order chi connectivity index (χ0) is 14.6. The Balaban J connectivity index is 2.75. The highest BCUT2D eigenvalue weighted by molar-refractivity contribution is 5.92. The molecule has 1 saturated carbocycles. The van der Waals surface area contributed by atoms with E-state index in [9.17, 15) is 30.0 Å². The highest BCUT2D eigenvalue weighted by Crippen LogP contribution is 2.59. The largest absolute Gasteiger partial charge is 0.479 e. The molecule has 0 aromatic carbocycles. The lowest BCUT2D eigenvalue weighted by Gasteiger charge is -2.44. The summed E-state index contributed by atoms with van der Waals surface area (Å²) < 4.78 is 4.57. The minimum atomic E-state index is -2.60. The fourth-order valence-corrected chi connectivity index (χ4v) is 3.40. The van der Waals surface area contributed by atoms with Gasteiger partial charge in [-0.05, 0) is 5.92 Å². The summed E-state index contributed by atoms with van der Waals surface area (Å²) in [7, 11) is 1.04. The fourth-order valence-electron chi connectivity index (χ4n) is 3.40. The summed E-state index contributed by atoms with van der Waals surface area (Å²) >= 11 is 0. The number of aliphatic hydroxyl groups excluding tert-OH is 1. The van der Waals surface area contributed by atoms with Crippen LogP contribution in [0.4, 0.5) is 0 Å². The monoisotopic (exact) mass is 272 g/mol. The van der Waals surface area contributed by atoms with Gasteiger partial charge in [-0.3, -0.25) is 4.79 Å². The first-order valence-corrected chi connectivity index (χ1v) is 5.81. The number of methoxy groups -OCH3 is 1. The van der Waals surface area contributed by atoms with Crippen LogP contribution in [0.1, 0.15) is 13.3 Å². The number of rotatable bonds is 2. The van der Waals surface area contributed by atoms with Crippen molar-refractivity contribution in [2.45, 2.75) is 30.7 Å². The number of hydrogen-bond donors (Lipinski definition) is 4. The van der Waals surface area contributed by atoms with E-state index in [0.717, 1.165) is 7.11 Å². The molecule has 5 unspecified atom stereocenters. The molecule has 2 aliphatic rings. The molecule has 2 bridgehead atoms. The van der Waals surface area contributed by atoms with Gasteiger partial charge in [0.15, 0.2) is 5.60 Å². The third-order valence-electron chi connectivity index (χ3n) is 4.40. The second kappa shape index (κ2) is 3.78. The van der Waals surface area contributed by atoms with Gasteiger partial charge in [-0.2, -0.15) is 0 Å². The van der Waals surface area contributed by atoms with Gasteiger partial charge in [0.1, 0.15) is 17.1 Å². The van der Waals surface area contributed by atoms with E-state index in [1.807, 2.05) is 0 Å². The summed E-state index contributed by atoms with van der Waals surface area (Å²) in [5.74, 6) is -3.54. The van der Waals surface area contributed by atoms with E-state index >= 15 is 0 Å². The van der Waals surface area contributed by atoms with Crippen molar-refractivity contribution in [3.05, 3.63) is 12.2 Å². The van der Waals surface area contributed by atoms with Crippen LogP contribution in [0.5, 0.6) is 0 Å². The van der Waals surface area contributed by atoms with Gasteiger partial charge in [0.25, 0.3) is 0 Å². The maximum atomic E-state index is 12.1. The Bertz CT molecular complexity index is 473. The number of aliphatic hydroxyl groups is 3. The lowest BCUT2D eigenvalue weighted by Crippen LogP contribution is -2.63. The molecule has 0 heterocycles. The highest BCUT2D eigenvalue weighted by Gasteiger charge is 2.78. The maximum Gasteiger partial charge on any atom is 0.337 e. The van der Waals surface area contributed by atoms with E-state index in [1.54, 1.807) is 0 Å². The van der Waals surface area contributed by atoms with Crippen molar-refractivity contribution >= 4 is 11.9 Å². The van der Waals surface area contributed by atoms with Crippen molar-refractivity contribution in [1.82, 2.24) is 0 Å². The molecule has 0 aromatic rings. The lowest BCUT2D eigenvalue weighted by atomic mass is 9.62. The van der Waals surface area contributed by atoms with Crippen molar-refractivity contribution in [3.63, 3.8) is 0 Å². The molecule has 2 aliphatic carbocycles. The predicted octanol–water partition coefficient (Wildman–Crippen LogP) is -1.34. The summed E-state index contributed by atoms with van der Waals surface area (Å²) in [5.41, 5.74) is -6.69. The topological polar surface area (TPSA) is 124 Å². The molecule has 19 heavy (non-hydrogen) atoms. The van der Waals surface area contributed by atoms with E-state index in [2.05, 4.69) is 4.74 Å². The van der Waals surface area contributed by atoms with Gasteiger partial charge in [-0.1, -0.05) is 19.1 Å². The first-order chi connectivity index (χ1) is 8.66. The Kier molecular flexibility index (Phi) is 2.78. The molecule has 106 valence electrons. The van der Waals surface area contributed by atoms with Crippen molar-refractivity contribution < 1.29 is 34.8 Å². The van der Waals surface area contributed by atoms with Crippen LogP contribution in [0.15, 0.2) is 12.2 Å². The molecule has 0 saturated heterocycles. The molecule has 2 rings (SSSR count). The number of carboxylic acid groups (broad SMARTS) is 1. The second-order valence-corrected chi connectivity index (χ2v) is 5.24. The van der Waals surface area contributed by atoms with Gasteiger partial charge in [0.2, 0.25) is 0 Å². The van der Waals surface area contributed by atoms with Gasteiger partial charge in [-0.25, -0.2) is 4.79 Å². The number of aliphatic carboxylic acids is 1. The predicted molar refractivity (Wildman–Crippen MR) is 60.9 cm³/mol. The molecular weight excluding hydrogens is 256 g/mol. The van der Waals surface area contributed by atoms with Crippen LogP contribution in [-0.4, -0.2) is 56.8 Å².